The fourth-order valence-electron chi connectivity index (χ4n) is 0.734. The van der Waals surface area contributed by atoms with E-state index < -0.39 is 12.0 Å². The monoisotopic (exact) mass is 238 g/mol. The normalized spacial score (nSPS) is 12.1. The second-order valence-electron chi connectivity index (χ2n) is 2.54. The van der Waals surface area contributed by atoms with Crippen molar-refractivity contribution in [3.05, 3.63) is 0 Å². The van der Waals surface area contributed by atoms with Gasteiger partial charge in [0.2, 0.25) is 5.91 Å². The Kier molecular flexibility index (Phi) is 7.73. The van der Waals surface area contributed by atoms with Crippen molar-refractivity contribution in [2.45, 2.75) is 6.04 Å². The number of carboxylic acids is 1. The molecule has 0 aromatic heterocycles. The maximum atomic E-state index is 10.7. The number of carbonyl (C=O) groups excluding carboxylic acids is 1. The van der Waals surface area contributed by atoms with Crippen molar-refractivity contribution in [2.75, 3.05) is 24.6 Å². The molecule has 0 rings (SSSR count). The fourth-order valence-corrected chi connectivity index (χ4v) is 1.13. The summed E-state index contributed by atoms with van der Waals surface area (Å²) in [5.74, 6) is -0.765. The number of aliphatic carboxylic acids is 1. The summed E-state index contributed by atoms with van der Waals surface area (Å²) in [6.45, 7) is 0.786. The van der Waals surface area contributed by atoms with E-state index in [1.165, 1.54) is 0 Å². The second kappa shape index (κ2) is 7.95. The van der Waals surface area contributed by atoms with Gasteiger partial charge in [0.05, 0.1) is 5.75 Å². The quantitative estimate of drug-likeness (QED) is 0.291. The van der Waals surface area contributed by atoms with Crippen molar-refractivity contribution < 1.29 is 14.7 Å². The summed E-state index contributed by atoms with van der Waals surface area (Å²) in [6.07, 6.45) is 0. The lowest BCUT2D eigenvalue weighted by molar-refractivity contribution is -0.138. The van der Waals surface area contributed by atoms with E-state index in [-0.39, 0.29) is 17.4 Å². The average molecular weight is 238 g/mol. The van der Waals surface area contributed by atoms with Crippen LogP contribution in [0.4, 0.5) is 0 Å². The predicted molar refractivity (Wildman–Crippen MR) is 60.1 cm³/mol. The van der Waals surface area contributed by atoms with Crippen molar-refractivity contribution in [1.29, 1.82) is 0 Å². The molecule has 0 heterocycles. The molecule has 0 aliphatic heterocycles. The van der Waals surface area contributed by atoms with Crippen LogP contribution < -0.4 is 10.6 Å². The van der Waals surface area contributed by atoms with E-state index in [9.17, 15) is 9.59 Å². The van der Waals surface area contributed by atoms with Gasteiger partial charge in [0.15, 0.2) is 0 Å². The Bertz CT molecular complexity index is 201. The average Bonchev–Trinajstić information content (AvgIpc) is 2.16. The lowest BCUT2D eigenvalue weighted by Gasteiger charge is -2.11. The van der Waals surface area contributed by atoms with Crippen molar-refractivity contribution in [2.24, 2.45) is 0 Å². The van der Waals surface area contributed by atoms with Gasteiger partial charge in [-0.1, -0.05) is 0 Å². The number of rotatable bonds is 7. The molecule has 0 aromatic rings. The molecule has 1 atom stereocenters. The van der Waals surface area contributed by atoms with Crippen LogP contribution in [0.1, 0.15) is 0 Å². The zero-order valence-corrected chi connectivity index (χ0v) is 9.35. The van der Waals surface area contributed by atoms with E-state index in [0.717, 1.165) is 0 Å². The molecule has 0 aromatic carbocycles. The molecule has 7 heteroatoms. The Morgan fingerprint density at radius 3 is 2.36 bits per heavy atom. The van der Waals surface area contributed by atoms with Gasteiger partial charge in [0.1, 0.15) is 6.04 Å². The van der Waals surface area contributed by atoms with Crippen LogP contribution >= 0.6 is 25.3 Å². The largest absolute Gasteiger partial charge is 0.480 e. The molecule has 1 amide bonds. The minimum absolute atomic E-state index is 0.134. The molecule has 0 aliphatic rings. The maximum Gasteiger partial charge on any atom is 0.321 e. The zero-order chi connectivity index (χ0) is 11.0. The number of thiol groups is 2. The summed E-state index contributed by atoms with van der Waals surface area (Å²) >= 11 is 7.64. The standard InChI is InChI=1S/C7H14N2O3S2/c10-6(4-14)9-2-1-8-5(3-13)7(11)12/h5,8,13-14H,1-4H2,(H,9,10)(H,11,12)/t5-/m0/s1. The molecule has 0 fully saturated rings. The van der Waals surface area contributed by atoms with E-state index in [4.69, 9.17) is 5.11 Å². The molecule has 0 saturated heterocycles. The molecular formula is C7H14N2O3S2. The van der Waals surface area contributed by atoms with Crippen molar-refractivity contribution in [3.63, 3.8) is 0 Å². The van der Waals surface area contributed by atoms with Crippen LogP contribution in [0.25, 0.3) is 0 Å². The lowest BCUT2D eigenvalue weighted by Crippen LogP contribution is -2.42. The Labute approximate surface area is 93.5 Å². The van der Waals surface area contributed by atoms with Crippen molar-refractivity contribution >= 4 is 37.1 Å². The van der Waals surface area contributed by atoms with Crippen LogP contribution in [0.3, 0.4) is 0 Å². The number of hydrogen-bond acceptors (Lipinski definition) is 5. The third kappa shape index (κ3) is 6.11. The Morgan fingerprint density at radius 2 is 1.93 bits per heavy atom. The highest BCUT2D eigenvalue weighted by atomic mass is 32.1. The van der Waals surface area contributed by atoms with Crippen molar-refractivity contribution in [1.82, 2.24) is 10.6 Å². The molecule has 0 spiro atoms. The summed E-state index contributed by atoms with van der Waals surface area (Å²) in [6, 6.07) is -0.675. The third-order valence-corrected chi connectivity index (χ3v) is 2.11. The van der Waals surface area contributed by atoms with Gasteiger partial charge in [-0.15, -0.1) is 0 Å². The van der Waals surface area contributed by atoms with Crippen LogP contribution in [-0.4, -0.2) is 47.6 Å². The van der Waals surface area contributed by atoms with E-state index in [2.05, 4.69) is 35.9 Å². The number of carbonyl (C=O) groups is 2. The lowest BCUT2D eigenvalue weighted by atomic mass is 10.3. The van der Waals surface area contributed by atoms with Gasteiger partial charge in [-0.05, 0) is 0 Å². The minimum atomic E-state index is -0.944. The van der Waals surface area contributed by atoms with E-state index in [1.807, 2.05) is 0 Å². The topological polar surface area (TPSA) is 78.4 Å². The number of amides is 1. The molecule has 14 heavy (non-hydrogen) atoms. The van der Waals surface area contributed by atoms with Gasteiger partial charge in [-0.25, -0.2) is 0 Å². The number of nitrogens with one attached hydrogen (secondary N) is 2. The SMILES string of the molecule is O=C(CS)NCCN[C@@H](CS)C(=O)O. The Balaban J connectivity index is 3.52. The van der Waals surface area contributed by atoms with Gasteiger partial charge >= 0.3 is 5.97 Å². The molecule has 0 saturated carbocycles. The van der Waals surface area contributed by atoms with Crippen LogP contribution in [0.5, 0.6) is 0 Å². The first-order chi connectivity index (χ1) is 6.61. The first kappa shape index (κ1) is 13.6. The van der Waals surface area contributed by atoms with Gasteiger partial charge in [-0.3, -0.25) is 9.59 Å². The highest BCUT2D eigenvalue weighted by Crippen LogP contribution is 1.86. The van der Waals surface area contributed by atoms with Gasteiger partial charge < -0.3 is 15.7 Å². The molecule has 82 valence electrons. The molecule has 3 N–H and O–H groups in total. The smallest absolute Gasteiger partial charge is 0.321 e. The highest BCUT2D eigenvalue weighted by molar-refractivity contribution is 7.81. The molecule has 0 radical (unpaired) electrons. The Hall–Kier alpha value is -0.400. The Morgan fingerprint density at radius 1 is 1.29 bits per heavy atom. The summed E-state index contributed by atoms with van der Waals surface area (Å²) in [5.41, 5.74) is 0. The molecule has 0 aliphatic carbocycles. The number of hydrogen-bond donors (Lipinski definition) is 5. The first-order valence-electron chi connectivity index (χ1n) is 4.06. The highest BCUT2D eigenvalue weighted by Gasteiger charge is 2.13. The van der Waals surface area contributed by atoms with Gasteiger partial charge in [0, 0.05) is 18.8 Å². The zero-order valence-electron chi connectivity index (χ0n) is 7.56. The molecule has 5 nitrogen and oxygen atoms in total. The van der Waals surface area contributed by atoms with Gasteiger partial charge in [0.25, 0.3) is 0 Å². The minimum Gasteiger partial charge on any atom is -0.480 e. The maximum absolute atomic E-state index is 10.7. The first-order valence-corrected chi connectivity index (χ1v) is 5.33. The molecular weight excluding hydrogens is 224 g/mol. The van der Waals surface area contributed by atoms with Gasteiger partial charge in [-0.2, -0.15) is 25.3 Å². The number of carboxylic acid groups (broad SMARTS) is 1. The molecule has 0 unspecified atom stereocenters. The van der Waals surface area contributed by atoms with E-state index >= 15 is 0 Å². The summed E-state index contributed by atoms with van der Waals surface area (Å²) in [5, 5.41) is 13.9. The van der Waals surface area contributed by atoms with Crippen LogP contribution in [0.15, 0.2) is 0 Å². The fraction of sp³-hybridized carbons (Fsp3) is 0.714. The predicted octanol–water partition coefficient (Wildman–Crippen LogP) is -0.995. The molecule has 0 bridgehead atoms. The second-order valence-corrected chi connectivity index (χ2v) is 3.22. The van der Waals surface area contributed by atoms with Crippen LogP contribution in [0, 0.1) is 0 Å². The van der Waals surface area contributed by atoms with Crippen LogP contribution in [0.2, 0.25) is 0 Å². The summed E-state index contributed by atoms with van der Waals surface area (Å²) in [7, 11) is 0. The van der Waals surface area contributed by atoms with E-state index in [0.29, 0.717) is 13.1 Å². The van der Waals surface area contributed by atoms with Crippen LogP contribution in [-0.2, 0) is 9.59 Å². The summed E-state index contributed by atoms with van der Waals surface area (Å²) < 4.78 is 0. The summed E-state index contributed by atoms with van der Waals surface area (Å²) in [4.78, 5) is 21.2. The third-order valence-electron chi connectivity index (χ3n) is 1.46. The van der Waals surface area contributed by atoms with Crippen molar-refractivity contribution in [3.8, 4) is 0 Å². The van der Waals surface area contributed by atoms with E-state index in [1.54, 1.807) is 0 Å².